The lowest BCUT2D eigenvalue weighted by molar-refractivity contribution is -0.328. The van der Waals surface area contributed by atoms with E-state index in [-0.39, 0.29) is 11.4 Å². The monoisotopic (exact) mass is 432 g/mol. The van der Waals surface area contributed by atoms with Gasteiger partial charge in [0.25, 0.3) is 0 Å². The van der Waals surface area contributed by atoms with Crippen LogP contribution in [0.3, 0.4) is 0 Å². The molecule has 0 aromatic heterocycles. The van der Waals surface area contributed by atoms with Gasteiger partial charge in [-0.25, -0.2) is 19.4 Å². The zero-order chi connectivity index (χ0) is 22.2. The van der Waals surface area contributed by atoms with Gasteiger partial charge in [-0.15, -0.1) is 10.2 Å². The van der Waals surface area contributed by atoms with E-state index in [0.717, 1.165) is 22.3 Å². The number of carbonyl (C=O) groups excluding carboxylic acids is 2. The lowest BCUT2D eigenvalue weighted by atomic mass is 9.84. The molecular weight excluding hydrogens is 412 g/mol. The summed E-state index contributed by atoms with van der Waals surface area (Å²) in [6.07, 6.45) is -1.29. The molecule has 2 aliphatic heterocycles. The molecule has 2 bridgehead atoms. The summed E-state index contributed by atoms with van der Waals surface area (Å²) in [6.45, 7) is 0. The van der Waals surface area contributed by atoms with Crippen LogP contribution in [0.1, 0.15) is 11.1 Å². The second-order valence-corrected chi connectivity index (χ2v) is 7.60. The fourth-order valence-electron chi connectivity index (χ4n) is 4.69. The summed E-state index contributed by atoms with van der Waals surface area (Å²) in [5.41, 5.74) is 3.86. The molecule has 162 valence electrons. The number of esters is 2. The molecule has 0 radical (unpaired) electrons. The molecule has 32 heavy (non-hydrogen) atoms. The molecule has 4 unspecified atom stereocenters. The quantitative estimate of drug-likeness (QED) is 0.544. The first-order valence-electron chi connectivity index (χ1n) is 10.1. The molecule has 0 amide bonds. The van der Waals surface area contributed by atoms with Crippen LogP contribution in [0.4, 0.5) is 0 Å². The molecule has 2 heterocycles. The Balaban J connectivity index is 1.74. The summed E-state index contributed by atoms with van der Waals surface area (Å²) in [4.78, 5) is 36.4. The molecule has 2 aromatic carbocycles. The van der Waals surface area contributed by atoms with Gasteiger partial charge < -0.3 is 9.47 Å². The van der Waals surface area contributed by atoms with Crippen molar-refractivity contribution in [2.45, 2.75) is 12.2 Å². The fourth-order valence-corrected chi connectivity index (χ4v) is 4.69. The Kier molecular flexibility index (Phi) is 5.16. The minimum Gasteiger partial charge on any atom is -0.464 e. The SMILES string of the molecule is COC(=O)C1=NN=C(C(=O)OC)C2C3OOC(C3=C(c3ccccc3)c3ccccc3)C12. The van der Waals surface area contributed by atoms with E-state index in [1.807, 2.05) is 60.7 Å². The number of ether oxygens (including phenoxy) is 2. The van der Waals surface area contributed by atoms with Crippen molar-refractivity contribution in [3.8, 4) is 0 Å². The largest absolute Gasteiger partial charge is 0.464 e. The van der Waals surface area contributed by atoms with Crippen molar-refractivity contribution in [1.82, 2.24) is 0 Å². The van der Waals surface area contributed by atoms with Crippen LogP contribution >= 0.6 is 0 Å². The highest BCUT2D eigenvalue weighted by atomic mass is 17.2. The highest BCUT2D eigenvalue weighted by molar-refractivity contribution is 6.43. The molecule has 2 aromatic rings. The van der Waals surface area contributed by atoms with Crippen LogP contribution < -0.4 is 0 Å². The number of benzene rings is 2. The van der Waals surface area contributed by atoms with Gasteiger partial charge in [0, 0.05) is 5.57 Å². The third kappa shape index (κ3) is 3.07. The summed E-state index contributed by atoms with van der Waals surface area (Å²) in [5, 5.41) is 8.04. The maximum Gasteiger partial charge on any atom is 0.354 e. The minimum atomic E-state index is -0.645. The average Bonchev–Trinajstić information content (AvgIpc) is 3.41. The predicted octanol–water partition coefficient (Wildman–Crippen LogP) is 2.59. The zero-order valence-corrected chi connectivity index (χ0v) is 17.4. The molecule has 8 heteroatoms. The molecule has 1 aliphatic carbocycles. The molecule has 3 aliphatic rings. The van der Waals surface area contributed by atoms with Gasteiger partial charge in [0.15, 0.2) is 11.4 Å². The maximum atomic E-state index is 12.5. The lowest BCUT2D eigenvalue weighted by Gasteiger charge is -2.30. The van der Waals surface area contributed by atoms with Crippen LogP contribution in [0.15, 0.2) is 76.4 Å². The molecule has 5 rings (SSSR count). The maximum absolute atomic E-state index is 12.5. The Morgan fingerprint density at radius 3 is 1.50 bits per heavy atom. The van der Waals surface area contributed by atoms with E-state index in [2.05, 4.69) is 10.2 Å². The van der Waals surface area contributed by atoms with Crippen molar-refractivity contribution in [2.24, 2.45) is 22.0 Å². The number of carbonyl (C=O) groups is 2. The number of nitrogens with zero attached hydrogens (tertiary/aromatic N) is 2. The first-order chi connectivity index (χ1) is 15.7. The van der Waals surface area contributed by atoms with Gasteiger partial charge in [0.1, 0.15) is 12.2 Å². The first-order valence-corrected chi connectivity index (χ1v) is 10.1. The number of fused-ring (bicyclic) bond motifs is 5. The van der Waals surface area contributed by atoms with Crippen LogP contribution in [0.5, 0.6) is 0 Å². The van der Waals surface area contributed by atoms with Crippen LogP contribution in [0, 0.1) is 11.8 Å². The number of rotatable bonds is 4. The van der Waals surface area contributed by atoms with Gasteiger partial charge in [0.2, 0.25) is 0 Å². The van der Waals surface area contributed by atoms with Crippen LogP contribution in [-0.4, -0.2) is 49.8 Å². The number of hydrogen-bond acceptors (Lipinski definition) is 8. The molecular formula is C24H20N2O6. The van der Waals surface area contributed by atoms with E-state index in [0.29, 0.717) is 0 Å². The van der Waals surface area contributed by atoms with E-state index >= 15 is 0 Å². The van der Waals surface area contributed by atoms with Crippen molar-refractivity contribution in [3.05, 3.63) is 77.4 Å². The molecule has 8 nitrogen and oxygen atoms in total. The smallest absolute Gasteiger partial charge is 0.354 e. The normalized spacial score (nSPS) is 25.5. The van der Waals surface area contributed by atoms with Gasteiger partial charge in [-0.2, -0.15) is 0 Å². The fraction of sp³-hybridized carbons (Fsp3) is 0.250. The first kappa shape index (κ1) is 20.3. The van der Waals surface area contributed by atoms with E-state index in [9.17, 15) is 9.59 Å². The van der Waals surface area contributed by atoms with Gasteiger partial charge in [-0.3, -0.25) is 0 Å². The van der Waals surface area contributed by atoms with Gasteiger partial charge >= 0.3 is 11.9 Å². The molecule has 1 saturated heterocycles. The average molecular weight is 432 g/mol. The van der Waals surface area contributed by atoms with Crippen molar-refractivity contribution in [2.75, 3.05) is 14.2 Å². The van der Waals surface area contributed by atoms with Crippen LogP contribution in [-0.2, 0) is 28.8 Å². The van der Waals surface area contributed by atoms with Crippen LogP contribution in [0.25, 0.3) is 5.57 Å². The molecule has 0 N–H and O–H groups in total. The summed E-state index contributed by atoms with van der Waals surface area (Å²) >= 11 is 0. The lowest BCUT2D eigenvalue weighted by Crippen LogP contribution is -2.47. The van der Waals surface area contributed by atoms with E-state index < -0.39 is 36.0 Å². The Hall–Kier alpha value is -3.62. The second kappa shape index (κ2) is 8.14. The van der Waals surface area contributed by atoms with Crippen molar-refractivity contribution in [1.29, 1.82) is 0 Å². The molecule has 0 spiro atoms. The summed E-state index contributed by atoms with van der Waals surface area (Å²) < 4.78 is 9.85. The highest BCUT2D eigenvalue weighted by Gasteiger charge is 2.63. The standard InChI is InChI=1S/C24H20N2O6/c1-29-23(27)19-16-17(20(26-25-19)24(28)30-2)22-18(21(16)31-32-22)15(13-9-5-3-6-10-13)14-11-7-4-8-12-14/h3-12,16-17,21-22H,1-2H3. The second-order valence-electron chi connectivity index (χ2n) is 7.60. The molecule has 1 saturated carbocycles. The zero-order valence-electron chi connectivity index (χ0n) is 17.4. The van der Waals surface area contributed by atoms with E-state index in [4.69, 9.17) is 19.2 Å². The number of methoxy groups -OCH3 is 2. The minimum absolute atomic E-state index is 0.0962. The highest BCUT2D eigenvalue weighted by Crippen LogP contribution is 2.52. The van der Waals surface area contributed by atoms with Crippen LogP contribution in [0.2, 0.25) is 0 Å². The topological polar surface area (TPSA) is 95.8 Å². The summed E-state index contributed by atoms with van der Waals surface area (Å²) in [6, 6.07) is 19.7. The van der Waals surface area contributed by atoms with Gasteiger partial charge in [-0.1, -0.05) is 60.7 Å². The Morgan fingerprint density at radius 2 is 1.12 bits per heavy atom. The van der Waals surface area contributed by atoms with Crippen molar-refractivity contribution < 1.29 is 28.8 Å². The summed E-state index contributed by atoms with van der Waals surface area (Å²) in [7, 11) is 2.56. The van der Waals surface area contributed by atoms with Crippen molar-refractivity contribution >= 4 is 28.9 Å². The Bertz CT molecular complexity index is 1070. The Labute approximate surface area is 184 Å². The summed E-state index contributed by atoms with van der Waals surface area (Å²) in [5.74, 6) is -2.43. The van der Waals surface area contributed by atoms with Gasteiger partial charge in [0.05, 0.1) is 26.1 Å². The van der Waals surface area contributed by atoms with E-state index in [1.165, 1.54) is 14.2 Å². The van der Waals surface area contributed by atoms with E-state index in [1.54, 1.807) is 0 Å². The number of hydrogen-bond donors (Lipinski definition) is 0. The predicted molar refractivity (Wildman–Crippen MR) is 115 cm³/mol. The van der Waals surface area contributed by atoms with Crippen molar-refractivity contribution in [3.63, 3.8) is 0 Å². The third-order valence-corrected chi connectivity index (χ3v) is 6.01. The molecule has 4 atom stereocenters. The third-order valence-electron chi connectivity index (χ3n) is 6.01. The molecule has 2 fully saturated rings. The Morgan fingerprint density at radius 1 is 0.719 bits per heavy atom. The van der Waals surface area contributed by atoms with Gasteiger partial charge in [-0.05, 0) is 16.7 Å².